The van der Waals surface area contributed by atoms with E-state index in [1.807, 2.05) is 31.3 Å². The van der Waals surface area contributed by atoms with Gasteiger partial charge in [-0.05, 0) is 49.1 Å². The summed E-state index contributed by atoms with van der Waals surface area (Å²) < 4.78 is 12.7. The zero-order valence-electron chi connectivity index (χ0n) is 9.28. The zero-order valence-corrected chi connectivity index (χ0v) is 9.28. The summed E-state index contributed by atoms with van der Waals surface area (Å²) in [6.45, 7) is 1.98. The molecule has 2 rings (SSSR count). The van der Waals surface area contributed by atoms with Crippen molar-refractivity contribution in [3.05, 3.63) is 65.2 Å². The van der Waals surface area contributed by atoms with E-state index in [-0.39, 0.29) is 5.82 Å². The average Bonchev–Trinajstić information content (AvgIpc) is 2.30. The van der Waals surface area contributed by atoms with Gasteiger partial charge in [-0.2, -0.15) is 0 Å². The molecule has 0 spiro atoms. The first-order valence-electron chi connectivity index (χ1n) is 5.40. The highest BCUT2D eigenvalue weighted by Gasteiger charge is 1.97. The maximum atomic E-state index is 12.7. The van der Waals surface area contributed by atoms with Crippen molar-refractivity contribution < 1.29 is 4.39 Å². The maximum Gasteiger partial charge on any atom is 0.123 e. The molecule has 0 saturated heterocycles. The number of aryl methyl sites for hydroxylation is 3. The molecule has 1 aromatic heterocycles. The Morgan fingerprint density at radius 2 is 1.56 bits per heavy atom. The van der Waals surface area contributed by atoms with Crippen LogP contribution < -0.4 is 0 Å². The molecule has 0 amide bonds. The number of halogens is 1. The van der Waals surface area contributed by atoms with E-state index in [9.17, 15) is 4.39 Å². The van der Waals surface area contributed by atoms with Crippen molar-refractivity contribution in [3.8, 4) is 0 Å². The fraction of sp³-hybridized carbons (Fsp3) is 0.214. The number of rotatable bonds is 3. The molecule has 1 heterocycles. The number of pyridine rings is 1. The van der Waals surface area contributed by atoms with Crippen molar-refractivity contribution in [2.75, 3.05) is 0 Å². The number of aromatic nitrogens is 1. The molecular formula is C14H14FN. The van der Waals surface area contributed by atoms with Crippen LogP contribution in [0.3, 0.4) is 0 Å². The van der Waals surface area contributed by atoms with Gasteiger partial charge in [0.1, 0.15) is 5.82 Å². The first-order chi connectivity index (χ1) is 7.74. The van der Waals surface area contributed by atoms with Gasteiger partial charge in [-0.1, -0.05) is 18.2 Å². The predicted octanol–water partition coefficient (Wildman–Crippen LogP) is 3.31. The zero-order chi connectivity index (χ0) is 11.4. The molecule has 0 fully saturated rings. The maximum absolute atomic E-state index is 12.7. The van der Waals surface area contributed by atoms with E-state index in [1.54, 1.807) is 0 Å². The van der Waals surface area contributed by atoms with Gasteiger partial charge in [-0.25, -0.2) is 4.39 Å². The Morgan fingerprint density at radius 1 is 0.938 bits per heavy atom. The summed E-state index contributed by atoms with van der Waals surface area (Å²) in [5.74, 6) is -0.180. The van der Waals surface area contributed by atoms with Gasteiger partial charge in [0.25, 0.3) is 0 Å². The van der Waals surface area contributed by atoms with Crippen LogP contribution in [0.15, 0.2) is 42.6 Å². The largest absolute Gasteiger partial charge is 0.261 e. The lowest BCUT2D eigenvalue weighted by molar-refractivity contribution is 0.627. The molecule has 0 saturated carbocycles. The number of hydrogen-bond acceptors (Lipinski definition) is 1. The summed E-state index contributed by atoms with van der Waals surface area (Å²) in [5.41, 5.74) is 3.41. The lowest BCUT2D eigenvalue weighted by Gasteiger charge is -2.02. The molecular weight excluding hydrogens is 201 g/mol. The average molecular weight is 215 g/mol. The highest BCUT2D eigenvalue weighted by Crippen LogP contribution is 2.08. The Balaban J connectivity index is 1.97. The molecule has 16 heavy (non-hydrogen) atoms. The molecule has 2 aromatic rings. The molecule has 0 atom stereocenters. The Labute approximate surface area is 95.0 Å². The molecule has 1 nitrogen and oxygen atoms in total. The highest BCUT2D eigenvalue weighted by atomic mass is 19.1. The Morgan fingerprint density at radius 3 is 2.19 bits per heavy atom. The second-order valence-corrected chi connectivity index (χ2v) is 3.93. The van der Waals surface area contributed by atoms with E-state index in [0.717, 1.165) is 24.1 Å². The Bertz CT molecular complexity index is 400. The molecule has 0 aliphatic heterocycles. The van der Waals surface area contributed by atoms with Crippen LogP contribution in [-0.2, 0) is 12.8 Å². The van der Waals surface area contributed by atoms with Gasteiger partial charge < -0.3 is 0 Å². The van der Waals surface area contributed by atoms with Crippen LogP contribution in [0, 0.1) is 12.7 Å². The second-order valence-electron chi connectivity index (χ2n) is 3.93. The van der Waals surface area contributed by atoms with Crippen LogP contribution >= 0.6 is 0 Å². The molecule has 0 unspecified atom stereocenters. The lowest BCUT2D eigenvalue weighted by Crippen LogP contribution is -1.93. The third-order valence-electron chi connectivity index (χ3n) is 2.59. The minimum atomic E-state index is -0.180. The van der Waals surface area contributed by atoms with E-state index in [2.05, 4.69) is 11.1 Å². The fourth-order valence-corrected chi connectivity index (χ4v) is 1.59. The van der Waals surface area contributed by atoms with Gasteiger partial charge in [-0.3, -0.25) is 4.98 Å². The van der Waals surface area contributed by atoms with Crippen LogP contribution in [0.5, 0.6) is 0 Å². The second kappa shape index (κ2) is 4.88. The van der Waals surface area contributed by atoms with Crippen LogP contribution in [0.4, 0.5) is 4.39 Å². The molecule has 0 aliphatic rings. The normalized spacial score (nSPS) is 10.4. The number of hydrogen-bond donors (Lipinski definition) is 0. The molecule has 0 aliphatic carbocycles. The summed E-state index contributed by atoms with van der Waals surface area (Å²) in [7, 11) is 0. The van der Waals surface area contributed by atoms with Crippen molar-refractivity contribution >= 4 is 0 Å². The molecule has 1 aromatic carbocycles. The number of benzene rings is 1. The lowest BCUT2D eigenvalue weighted by atomic mass is 10.1. The van der Waals surface area contributed by atoms with Crippen molar-refractivity contribution in [3.63, 3.8) is 0 Å². The highest BCUT2D eigenvalue weighted by molar-refractivity contribution is 5.19. The SMILES string of the molecule is Cc1ccc(CCc2ccc(F)cc2)cn1. The van der Waals surface area contributed by atoms with E-state index in [0.29, 0.717) is 0 Å². The standard InChI is InChI=1S/C14H14FN/c1-11-2-3-13(10-16-11)5-4-12-6-8-14(15)9-7-12/h2-3,6-10H,4-5H2,1H3. The summed E-state index contributed by atoms with van der Waals surface area (Å²) in [6.07, 6.45) is 3.77. The van der Waals surface area contributed by atoms with Crippen molar-refractivity contribution in [2.45, 2.75) is 19.8 Å². The van der Waals surface area contributed by atoms with Gasteiger partial charge in [0.15, 0.2) is 0 Å². The van der Waals surface area contributed by atoms with Crippen molar-refractivity contribution in [1.82, 2.24) is 4.98 Å². The van der Waals surface area contributed by atoms with Gasteiger partial charge in [0, 0.05) is 11.9 Å². The number of nitrogens with zero attached hydrogens (tertiary/aromatic N) is 1. The van der Waals surface area contributed by atoms with E-state index >= 15 is 0 Å². The molecule has 0 radical (unpaired) electrons. The smallest absolute Gasteiger partial charge is 0.123 e. The third-order valence-corrected chi connectivity index (χ3v) is 2.59. The first-order valence-corrected chi connectivity index (χ1v) is 5.40. The van der Waals surface area contributed by atoms with Gasteiger partial charge in [0.2, 0.25) is 0 Å². The first kappa shape index (κ1) is 10.8. The fourth-order valence-electron chi connectivity index (χ4n) is 1.59. The van der Waals surface area contributed by atoms with Crippen LogP contribution in [0.1, 0.15) is 16.8 Å². The van der Waals surface area contributed by atoms with E-state index in [4.69, 9.17) is 0 Å². The minimum Gasteiger partial charge on any atom is -0.261 e. The minimum absolute atomic E-state index is 0.180. The van der Waals surface area contributed by atoms with Gasteiger partial charge >= 0.3 is 0 Å². The molecule has 0 N–H and O–H groups in total. The van der Waals surface area contributed by atoms with Gasteiger partial charge in [0.05, 0.1) is 0 Å². The van der Waals surface area contributed by atoms with Crippen LogP contribution in [0.2, 0.25) is 0 Å². The summed E-state index contributed by atoms with van der Waals surface area (Å²) in [4.78, 5) is 4.25. The summed E-state index contributed by atoms with van der Waals surface area (Å²) in [6, 6.07) is 10.8. The molecule has 2 heteroatoms. The topological polar surface area (TPSA) is 12.9 Å². The predicted molar refractivity (Wildman–Crippen MR) is 62.8 cm³/mol. The quantitative estimate of drug-likeness (QED) is 0.765. The Hall–Kier alpha value is -1.70. The molecule has 82 valence electrons. The van der Waals surface area contributed by atoms with Crippen molar-refractivity contribution in [2.24, 2.45) is 0 Å². The van der Waals surface area contributed by atoms with Gasteiger partial charge in [-0.15, -0.1) is 0 Å². The van der Waals surface area contributed by atoms with Crippen LogP contribution in [-0.4, -0.2) is 4.98 Å². The Kier molecular flexibility index (Phi) is 3.30. The van der Waals surface area contributed by atoms with E-state index in [1.165, 1.54) is 17.7 Å². The van der Waals surface area contributed by atoms with E-state index < -0.39 is 0 Å². The third kappa shape index (κ3) is 2.89. The van der Waals surface area contributed by atoms with Crippen molar-refractivity contribution in [1.29, 1.82) is 0 Å². The monoisotopic (exact) mass is 215 g/mol. The summed E-state index contributed by atoms with van der Waals surface area (Å²) >= 11 is 0. The van der Waals surface area contributed by atoms with Crippen LogP contribution in [0.25, 0.3) is 0 Å². The summed E-state index contributed by atoms with van der Waals surface area (Å²) in [5, 5.41) is 0. The molecule has 0 bridgehead atoms.